The van der Waals surface area contributed by atoms with Crippen molar-refractivity contribution in [2.45, 2.75) is 58.1 Å². The second-order valence-corrected chi connectivity index (χ2v) is 9.32. The molecule has 0 bridgehead atoms. The molecule has 4 rings (SSSR count). The maximum atomic E-state index is 12.7. The highest BCUT2D eigenvalue weighted by Gasteiger charge is 2.55. The SMILES string of the molecule is CCOC(=O)CC(B1OC(C)(C)C(C)(C)O1)c1cn(-c2ccccc2)nc1-c1ccccc1. The Morgan fingerprint density at radius 1 is 1.00 bits per heavy atom. The molecule has 3 aromatic rings. The summed E-state index contributed by atoms with van der Waals surface area (Å²) in [6, 6.07) is 19.9. The number of carbonyl (C=O) groups excluding carboxylic acids is 1. The highest BCUT2D eigenvalue weighted by atomic mass is 16.7. The molecule has 0 spiro atoms. The van der Waals surface area contributed by atoms with E-state index in [1.165, 1.54) is 0 Å². The van der Waals surface area contributed by atoms with Crippen molar-refractivity contribution in [2.75, 3.05) is 6.61 Å². The van der Waals surface area contributed by atoms with Crippen molar-refractivity contribution in [3.05, 3.63) is 72.4 Å². The molecule has 0 saturated carbocycles. The third-order valence-electron chi connectivity index (χ3n) is 6.50. The van der Waals surface area contributed by atoms with Gasteiger partial charge in [-0.3, -0.25) is 4.79 Å². The van der Waals surface area contributed by atoms with Crippen molar-refractivity contribution in [1.29, 1.82) is 0 Å². The van der Waals surface area contributed by atoms with E-state index < -0.39 is 24.1 Å². The van der Waals surface area contributed by atoms with Crippen molar-refractivity contribution in [2.24, 2.45) is 0 Å². The number of hydrogen-bond acceptors (Lipinski definition) is 5. The summed E-state index contributed by atoms with van der Waals surface area (Å²) in [5.74, 6) is -0.679. The molecule has 0 N–H and O–H groups in total. The molecular weight excluding hydrogens is 415 g/mol. The van der Waals surface area contributed by atoms with E-state index in [2.05, 4.69) is 0 Å². The predicted molar refractivity (Wildman–Crippen MR) is 129 cm³/mol. The number of carbonyl (C=O) groups is 1. The van der Waals surface area contributed by atoms with Crippen LogP contribution in [0.3, 0.4) is 0 Å². The largest absolute Gasteiger partial charge is 0.466 e. The van der Waals surface area contributed by atoms with E-state index in [1.807, 2.05) is 106 Å². The summed E-state index contributed by atoms with van der Waals surface area (Å²) < 4.78 is 20.0. The van der Waals surface area contributed by atoms with Gasteiger partial charge >= 0.3 is 13.1 Å². The Kier molecular flexibility index (Phi) is 6.46. The van der Waals surface area contributed by atoms with Crippen LogP contribution in [0.2, 0.25) is 0 Å². The molecule has 1 saturated heterocycles. The number of benzene rings is 2. The molecule has 0 aliphatic carbocycles. The normalized spacial score (nSPS) is 17.7. The number of ether oxygens (including phenoxy) is 1. The van der Waals surface area contributed by atoms with E-state index in [0.29, 0.717) is 6.61 Å². The number of esters is 1. The molecule has 172 valence electrons. The summed E-state index contributed by atoms with van der Waals surface area (Å²) in [6.07, 6.45) is 2.11. The Balaban J connectivity index is 1.83. The van der Waals surface area contributed by atoms with E-state index >= 15 is 0 Å². The lowest BCUT2D eigenvalue weighted by molar-refractivity contribution is -0.143. The molecule has 33 heavy (non-hydrogen) atoms. The summed E-state index contributed by atoms with van der Waals surface area (Å²) in [5, 5.41) is 4.92. The summed E-state index contributed by atoms with van der Waals surface area (Å²) in [6.45, 7) is 10.2. The smallest absolute Gasteiger partial charge is 0.466 e. The van der Waals surface area contributed by atoms with Crippen LogP contribution in [0, 0.1) is 0 Å². The van der Waals surface area contributed by atoms with Gasteiger partial charge in [0.2, 0.25) is 0 Å². The zero-order valence-corrected chi connectivity index (χ0v) is 19.9. The highest BCUT2D eigenvalue weighted by molar-refractivity contribution is 6.48. The van der Waals surface area contributed by atoms with Crippen LogP contribution in [0.25, 0.3) is 16.9 Å². The number of nitrogens with zero attached hydrogens (tertiary/aromatic N) is 2. The Bertz CT molecular complexity index is 1080. The molecule has 1 aliphatic heterocycles. The van der Waals surface area contributed by atoms with Crippen molar-refractivity contribution >= 4 is 13.1 Å². The van der Waals surface area contributed by atoms with Crippen molar-refractivity contribution in [3.8, 4) is 16.9 Å². The van der Waals surface area contributed by atoms with Crippen molar-refractivity contribution in [3.63, 3.8) is 0 Å². The quantitative estimate of drug-likeness (QED) is 0.369. The fraction of sp³-hybridized carbons (Fsp3) is 0.385. The second kappa shape index (κ2) is 9.16. The Labute approximate surface area is 196 Å². The average molecular weight is 446 g/mol. The molecule has 2 aromatic carbocycles. The van der Waals surface area contributed by atoms with Gasteiger partial charge in [0, 0.05) is 23.1 Å². The van der Waals surface area contributed by atoms with Crippen molar-refractivity contribution in [1.82, 2.24) is 9.78 Å². The third kappa shape index (κ3) is 4.75. The van der Waals surface area contributed by atoms with Gasteiger partial charge in [0.15, 0.2) is 0 Å². The minimum Gasteiger partial charge on any atom is -0.466 e. The molecular formula is C26H31BN2O4. The van der Waals surface area contributed by atoms with Crippen LogP contribution in [0.1, 0.15) is 52.4 Å². The Hall–Kier alpha value is -2.90. The molecule has 1 unspecified atom stereocenters. The van der Waals surface area contributed by atoms with E-state index in [9.17, 15) is 4.79 Å². The van der Waals surface area contributed by atoms with Gasteiger partial charge in [0.25, 0.3) is 0 Å². The van der Waals surface area contributed by atoms with Gasteiger partial charge in [-0.05, 0) is 46.8 Å². The first-order chi connectivity index (χ1) is 15.7. The molecule has 1 aromatic heterocycles. The Morgan fingerprint density at radius 2 is 1.58 bits per heavy atom. The van der Waals surface area contributed by atoms with Crippen LogP contribution in [0.4, 0.5) is 0 Å². The summed E-state index contributed by atoms with van der Waals surface area (Å²) in [7, 11) is -0.615. The van der Waals surface area contributed by atoms with Gasteiger partial charge in [-0.25, -0.2) is 4.68 Å². The fourth-order valence-electron chi connectivity index (χ4n) is 4.00. The van der Waals surface area contributed by atoms with Gasteiger partial charge in [-0.1, -0.05) is 48.5 Å². The molecule has 0 amide bonds. The summed E-state index contributed by atoms with van der Waals surface area (Å²) in [5.41, 5.74) is 2.54. The van der Waals surface area contributed by atoms with Gasteiger partial charge in [0.1, 0.15) is 0 Å². The molecule has 1 fully saturated rings. The van der Waals surface area contributed by atoms with E-state index in [-0.39, 0.29) is 12.4 Å². The van der Waals surface area contributed by atoms with Crippen molar-refractivity contribution < 1.29 is 18.8 Å². The molecule has 1 aliphatic rings. The van der Waals surface area contributed by atoms with Crippen LogP contribution in [-0.2, 0) is 18.8 Å². The van der Waals surface area contributed by atoms with Gasteiger partial charge in [-0.2, -0.15) is 5.10 Å². The standard InChI is InChI=1S/C26H31BN2O4/c1-6-31-23(30)17-22(27-32-25(2,3)26(4,5)33-27)21-18-29(20-15-11-8-12-16-20)28-24(21)19-13-9-7-10-14-19/h7-16,18,22H,6,17H2,1-5H3. The van der Waals surface area contributed by atoms with Crippen LogP contribution < -0.4 is 0 Å². The lowest BCUT2D eigenvalue weighted by Gasteiger charge is -2.32. The van der Waals surface area contributed by atoms with E-state index in [0.717, 1.165) is 22.5 Å². The van der Waals surface area contributed by atoms with E-state index in [1.54, 1.807) is 0 Å². The number of rotatable bonds is 7. The highest BCUT2D eigenvalue weighted by Crippen LogP contribution is 2.43. The monoisotopic (exact) mass is 446 g/mol. The summed E-state index contributed by atoms with van der Waals surface area (Å²) >= 11 is 0. The maximum absolute atomic E-state index is 12.7. The molecule has 6 nitrogen and oxygen atoms in total. The summed E-state index contributed by atoms with van der Waals surface area (Å²) in [4.78, 5) is 12.7. The predicted octanol–water partition coefficient (Wildman–Crippen LogP) is 5.21. The average Bonchev–Trinajstić information content (AvgIpc) is 3.32. The minimum absolute atomic E-state index is 0.130. The number of hydrogen-bond donors (Lipinski definition) is 0. The maximum Gasteiger partial charge on any atom is 0.466 e. The second-order valence-electron chi connectivity index (χ2n) is 9.32. The first kappa shape index (κ1) is 23.3. The Morgan fingerprint density at radius 3 is 2.15 bits per heavy atom. The number of aromatic nitrogens is 2. The third-order valence-corrected chi connectivity index (χ3v) is 6.50. The first-order valence-corrected chi connectivity index (χ1v) is 11.4. The molecule has 1 atom stereocenters. The van der Waals surface area contributed by atoms with Crippen LogP contribution >= 0.6 is 0 Å². The van der Waals surface area contributed by atoms with Gasteiger partial charge in [0.05, 0.1) is 35.6 Å². The minimum atomic E-state index is -0.615. The fourth-order valence-corrected chi connectivity index (χ4v) is 4.00. The van der Waals surface area contributed by atoms with Crippen LogP contribution in [-0.4, -0.2) is 40.7 Å². The van der Waals surface area contributed by atoms with Gasteiger partial charge < -0.3 is 14.0 Å². The zero-order chi connectivity index (χ0) is 23.6. The van der Waals surface area contributed by atoms with Gasteiger partial charge in [-0.15, -0.1) is 0 Å². The van der Waals surface area contributed by atoms with Crippen LogP contribution in [0.15, 0.2) is 66.9 Å². The lowest BCUT2D eigenvalue weighted by atomic mass is 9.66. The molecule has 7 heteroatoms. The lowest BCUT2D eigenvalue weighted by Crippen LogP contribution is -2.41. The molecule has 2 heterocycles. The zero-order valence-electron chi connectivity index (χ0n) is 19.9. The first-order valence-electron chi connectivity index (χ1n) is 11.4. The topological polar surface area (TPSA) is 62.6 Å². The van der Waals surface area contributed by atoms with Crippen LogP contribution in [0.5, 0.6) is 0 Å². The molecule has 0 radical (unpaired) electrons. The number of para-hydroxylation sites is 1. The van der Waals surface area contributed by atoms with E-state index in [4.69, 9.17) is 19.1 Å².